The lowest BCUT2D eigenvalue weighted by molar-refractivity contribution is 0.557. The number of anilines is 1. The molecule has 1 N–H and O–H groups in total. The van der Waals surface area contributed by atoms with E-state index in [4.69, 9.17) is 0 Å². The summed E-state index contributed by atoms with van der Waals surface area (Å²) in [5, 5.41) is 3.46. The molecule has 20 heavy (non-hydrogen) atoms. The molecule has 0 heterocycles. The van der Waals surface area contributed by atoms with Crippen LogP contribution < -0.4 is 10.2 Å². The van der Waals surface area contributed by atoms with Gasteiger partial charge in [-0.2, -0.15) is 0 Å². The Hall–Kier alpha value is -1.09. The number of hydrogen-bond donors (Lipinski definition) is 1. The molecule has 1 aromatic carbocycles. The summed E-state index contributed by atoms with van der Waals surface area (Å²) in [5.74, 6) is -0.106. The van der Waals surface area contributed by atoms with E-state index in [0.29, 0.717) is 0 Å². The van der Waals surface area contributed by atoms with Gasteiger partial charge < -0.3 is 10.2 Å². The summed E-state index contributed by atoms with van der Waals surface area (Å²) < 4.78 is 14.3. The van der Waals surface area contributed by atoms with Crippen LogP contribution in [-0.2, 0) is 0 Å². The highest BCUT2D eigenvalue weighted by atomic mass is 19.1. The number of hydrogen-bond acceptors (Lipinski definition) is 2. The van der Waals surface area contributed by atoms with Crippen molar-refractivity contribution in [2.75, 3.05) is 24.5 Å². The fraction of sp³-hybridized carbons (Fsp3) is 0.647. The predicted molar refractivity (Wildman–Crippen MR) is 85.9 cm³/mol. The molecule has 114 valence electrons. The van der Waals surface area contributed by atoms with Gasteiger partial charge in [-0.3, -0.25) is 0 Å². The van der Waals surface area contributed by atoms with Gasteiger partial charge in [0.05, 0.1) is 5.69 Å². The number of para-hydroxylation sites is 1. The van der Waals surface area contributed by atoms with E-state index in [0.717, 1.165) is 50.1 Å². The molecule has 0 aliphatic rings. The average molecular weight is 280 g/mol. The molecule has 0 saturated carbocycles. The molecule has 0 aliphatic heterocycles. The maximum atomic E-state index is 14.3. The normalized spacial score (nSPS) is 12.4. The molecule has 0 bridgehead atoms. The first-order chi connectivity index (χ1) is 9.65. The first-order valence-corrected chi connectivity index (χ1v) is 7.92. The van der Waals surface area contributed by atoms with Crippen molar-refractivity contribution in [2.45, 2.75) is 53.0 Å². The highest BCUT2D eigenvalue weighted by molar-refractivity contribution is 5.56. The number of halogens is 1. The Labute approximate surface area is 123 Å². The van der Waals surface area contributed by atoms with E-state index in [1.807, 2.05) is 12.1 Å². The van der Waals surface area contributed by atoms with E-state index < -0.39 is 0 Å². The summed E-state index contributed by atoms with van der Waals surface area (Å²) in [6.07, 6.45) is 3.31. The SMILES string of the molecule is CCCCN(CC)c1c(F)cccc1C(C)NCCC. The molecule has 0 fully saturated rings. The second kappa shape index (κ2) is 8.96. The van der Waals surface area contributed by atoms with Crippen molar-refractivity contribution in [3.63, 3.8) is 0 Å². The van der Waals surface area contributed by atoms with Crippen molar-refractivity contribution in [1.82, 2.24) is 5.32 Å². The lowest BCUT2D eigenvalue weighted by atomic mass is 10.0. The first-order valence-electron chi connectivity index (χ1n) is 7.92. The number of rotatable bonds is 9. The van der Waals surface area contributed by atoms with Crippen molar-refractivity contribution in [1.29, 1.82) is 0 Å². The van der Waals surface area contributed by atoms with Gasteiger partial charge in [-0.05, 0) is 44.9 Å². The number of nitrogens with zero attached hydrogens (tertiary/aromatic N) is 1. The Balaban J connectivity index is 3.02. The summed E-state index contributed by atoms with van der Waals surface area (Å²) in [5.41, 5.74) is 1.84. The molecule has 0 aliphatic carbocycles. The molecule has 0 saturated heterocycles. The number of unbranched alkanes of at least 4 members (excludes halogenated alkanes) is 1. The second-order valence-electron chi connectivity index (χ2n) is 5.29. The van der Waals surface area contributed by atoms with Crippen LogP contribution in [0, 0.1) is 5.82 Å². The van der Waals surface area contributed by atoms with Crippen LogP contribution in [0.2, 0.25) is 0 Å². The van der Waals surface area contributed by atoms with Gasteiger partial charge in [0.1, 0.15) is 5.82 Å². The maximum Gasteiger partial charge on any atom is 0.146 e. The van der Waals surface area contributed by atoms with E-state index in [-0.39, 0.29) is 11.9 Å². The van der Waals surface area contributed by atoms with E-state index in [1.54, 1.807) is 6.07 Å². The fourth-order valence-corrected chi connectivity index (χ4v) is 2.46. The third-order valence-corrected chi connectivity index (χ3v) is 3.66. The zero-order chi connectivity index (χ0) is 15.0. The molecule has 2 nitrogen and oxygen atoms in total. The zero-order valence-corrected chi connectivity index (χ0v) is 13.4. The van der Waals surface area contributed by atoms with Gasteiger partial charge >= 0.3 is 0 Å². The Bertz CT molecular complexity index is 393. The first kappa shape index (κ1) is 17.0. The van der Waals surface area contributed by atoms with Gasteiger partial charge in [0.15, 0.2) is 0 Å². The van der Waals surface area contributed by atoms with Crippen molar-refractivity contribution < 1.29 is 4.39 Å². The summed E-state index contributed by atoms with van der Waals surface area (Å²) >= 11 is 0. The summed E-state index contributed by atoms with van der Waals surface area (Å²) in [7, 11) is 0. The third-order valence-electron chi connectivity index (χ3n) is 3.66. The Morgan fingerprint density at radius 2 is 1.95 bits per heavy atom. The van der Waals surface area contributed by atoms with Gasteiger partial charge in [-0.1, -0.05) is 32.4 Å². The van der Waals surface area contributed by atoms with Crippen LogP contribution >= 0.6 is 0 Å². The summed E-state index contributed by atoms with van der Waals surface area (Å²) in [4.78, 5) is 2.16. The monoisotopic (exact) mass is 280 g/mol. The van der Waals surface area contributed by atoms with Gasteiger partial charge in [0.2, 0.25) is 0 Å². The van der Waals surface area contributed by atoms with Crippen LogP contribution in [0.15, 0.2) is 18.2 Å². The topological polar surface area (TPSA) is 15.3 Å². The lowest BCUT2D eigenvalue weighted by Crippen LogP contribution is -2.28. The molecular weight excluding hydrogens is 251 g/mol. The molecule has 0 aromatic heterocycles. The largest absolute Gasteiger partial charge is 0.369 e. The molecule has 1 unspecified atom stereocenters. The number of benzene rings is 1. The fourth-order valence-electron chi connectivity index (χ4n) is 2.46. The molecule has 0 spiro atoms. The maximum absolute atomic E-state index is 14.3. The highest BCUT2D eigenvalue weighted by Crippen LogP contribution is 2.29. The van der Waals surface area contributed by atoms with Crippen molar-refractivity contribution in [3.8, 4) is 0 Å². The minimum Gasteiger partial charge on any atom is -0.369 e. The predicted octanol–water partition coefficient (Wildman–Crippen LogP) is 4.51. The van der Waals surface area contributed by atoms with E-state index >= 15 is 0 Å². The summed E-state index contributed by atoms with van der Waals surface area (Å²) in [6.45, 7) is 11.2. The lowest BCUT2D eigenvalue weighted by Gasteiger charge is -2.28. The summed E-state index contributed by atoms with van der Waals surface area (Å²) in [6, 6.07) is 5.60. The molecule has 1 atom stereocenters. The minimum atomic E-state index is -0.106. The zero-order valence-electron chi connectivity index (χ0n) is 13.4. The smallest absolute Gasteiger partial charge is 0.146 e. The average Bonchev–Trinajstić information content (AvgIpc) is 2.46. The van der Waals surface area contributed by atoms with Crippen molar-refractivity contribution in [3.05, 3.63) is 29.6 Å². The molecular formula is C17H29FN2. The standard InChI is InChI=1S/C17H29FN2/c1-5-8-13-20(7-3)17-15(10-9-11-16(17)18)14(4)19-12-6-2/h9-11,14,19H,5-8,12-13H2,1-4H3. The highest BCUT2D eigenvalue weighted by Gasteiger charge is 2.18. The van der Waals surface area contributed by atoms with E-state index in [1.165, 1.54) is 0 Å². The van der Waals surface area contributed by atoms with E-state index in [9.17, 15) is 4.39 Å². The Morgan fingerprint density at radius 1 is 1.20 bits per heavy atom. The second-order valence-corrected chi connectivity index (χ2v) is 5.29. The quantitative estimate of drug-likeness (QED) is 0.716. The molecule has 3 heteroatoms. The van der Waals surface area contributed by atoms with Crippen molar-refractivity contribution in [2.24, 2.45) is 0 Å². The minimum absolute atomic E-state index is 0.106. The van der Waals surface area contributed by atoms with Gasteiger partial charge in [0.25, 0.3) is 0 Å². The number of nitrogens with one attached hydrogen (secondary N) is 1. The molecule has 0 amide bonds. The van der Waals surface area contributed by atoms with Crippen LogP contribution in [-0.4, -0.2) is 19.6 Å². The molecule has 0 radical (unpaired) electrons. The Kier molecular flexibility index (Phi) is 7.60. The van der Waals surface area contributed by atoms with Crippen LogP contribution in [0.3, 0.4) is 0 Å². The third kappa shape index (κ3) is 4.48. The van der Waals surface area contributed by atoms with Gasteiger partial charge in [-0.25, -0.2) is 4.39 Å². The van der Waals surface area contributed by atoms with Crippen LogP contribution in [0.25, 0.3) is 0 Å². The van der Waals surface area contributed by atoms with E-state index in [2.05, 4.69) is 37.9 Å². The van der Waals surface area contributed by atoms with Gasteiger partial charge in [0, 0.05) is 19.1 Å². The van der Waals surface area contributed by atoms with Crippen LogP contribution in [0.4, 0.5) is 10.1 Å². The van der Waals surface area contributed by atoms with Gasteiger partial charge in [-0.15, -0.1) is 0 Å². The molecule has 1 rings (SSSR count). The van der Waals surface area contributed by atoms with Crippen LogP contribution in [0.5, 0.6) is 0 Å². The molecule has 1 aromatic rings. The van der Waals surface area contributed by atoms with Crippen LogP contribution in [0.1, 0.15) is 58.6 Å². The Morgan fingerprint density at radius 3 is 2.55 bits per heavy atom. The van der Waals surface area contributed by atoms with Crippen molar-refractivity contribution >= 4 is 5.69 Å².